The summed E-state index contributed by atoms with van der Waals surface area (Å²) in [5.74, 6) is 2.00. The molecular weight excluding hydrogens is 230 g/mol. The number of hydrogen-bond acceptors (Lipinski definition) is 5. The quantitative estimate of drug-likeness (QED) is 0.850. The van der Waals surface area contributed by atoms with E-state index in [-0.39, 0.29) is 0 Å². The minimum Gasteiger partial charge on any atom is -0.478 e. The molecule has 0 fully saturated rings. The maximum atomic E-state index is 5.50. The van der Waals surface area contributed by atoms with E-state index in [0.29, 0.717) is 25.0 Å². The summed E-state index contributed by atoms with van der Waals surface area (Å²) in [6, 6.07) is 5.58. The highest BCUT2D eigenvalue weighted by Crippen LogP contribution is 2.13. The van der Waals surface area contributed by atoms with Gasteiger partial charge >= 0.3 is 0 Å². The first-order valence-electron chi connectivity index (χ1n) is 6.02. The van der Waals surface area contributed by atoms with Crippen molar-refractivity contribution >= 4 is 5.95 Å². The number of furan rings is 1. The molecule has 0 spiro atoms. The molecule has 18 heavy (non-hydrogen) atoms. The number of nitrogens with zero attached hydrogens (tertiary/aromatic N) is 2. The summed E-state index contributed by atoms with van der Waals surface area (Å²) < 4.78 is 10.7. The molecule has 96 valence electrons. The van der Waals surface area contributed by atoms with E-state index < -0.39 is 0 Å². The molecule has 0 atom stereocenters. The number of aryl methyl sites for hydroxylation is 1. The summed E-state index contributed by atoms with van der Waals surface area (Å²) in [4.78, 5) is 8.58. The molecule has 5 nitrogen and oxygen atoms in total. The van der Waals surface area contributed by atoms with Gasteiger partial charge in [0, 0.05) is 11.8 Å². The smallest absolute Gasteiger partial charge is 0.226 e. The highest BCUT2D eigenvalue weighted by molar-refractivity contribution is 5.31. The summed E-state index contributed by atoms with van der Waals surface area (Å²) in [6.45, 7) is 5.19. The number of rotatable bonds is 6. The van der Waals surface area contributed by atoms with Crippen molar-refractivity contribution in [1.29, 1.82) is 0 Å². The van der Waals surface area contributed by atoms with Crippen LogP contribution in [0.3, 0.4) is 0 Å². The molecule has 0 aliphatic carbocycles. The third-order valence-corrected chi connectivity index (χ3v) is 2.29. The molecule has 5 heteroatoms. The van der Waals surface area contributed by atoms with Crippen LogP contribution in [0.5, 0.6) is 5.88 Å². The van der Waals surface area contributed by atoms with E-state index in [9.17, 15) is 0 Å². The van der Waals surface area contributed by atoms with Crippen molar-refractivity contribution in [2.75, 3.05) is 11.9 Å². The second kappa shape index (κ2) is 6.05. The molecule has 0 amide bonds. The summed E-state index contributed by atoms with van der Waals surface area (Å²) in [6.07, 6.45) is 2.60. The minimum absolute atomic E-state index is 0.553. The Bertz CT molecular complexity index is 483. The number of ether oxygens (including phenoxy) is 1. The van der Waals surface area contributed by atoms with Gasteiger partial charge in [-0.15, -0.1) is 0 Å². The standard InChI is InChI=1S/C13H17N3O2/c1-3-6-18-12-8-10(2)15-13(16-12)14-9-11-5-4-7-17-11/h4-5,7-8H,3,6,9H2,1-2H3,(H,14,15,16). The highest BCUT2D eigenvalue weighted by Gasteiger charge is 2.03. The highest BCUT2D eigenvalue weighted by atomic mass is 16.5. The zero-order valence-corrected chi connectivity index (χ0v) is 10.6. The van der Waals surface area contributed by atoms with Crippen LogP contribution in [0.15, 0.2) is 28.9 Å². The van der Waals surface area contributed by atoms with Crippen LogP contribution < -0.4 is 10.1 Å². The fraction of sp³-hybridized carbons (Fsp3) is 0.385. The average molecular weight is 247 g/mol. The molecule has 0 saturated carbocycles. The lowest BCUT2D eigenvalue weighted by molar-refractivity contribution is 0.305. The Morgan fingerprint density at radius 1 is 1.39 bits per heavy atom. The molecule has 2 aromatic heterocycles. The van der Waals surface area contributed by atoms with Crippen LogP contribution in [0.4, 0.5) is 5.95 Å². The van der Waals surface area contributed by atoms with Gasteiger partial charge in [-0.25, -0.2) is 4.98 Å². The van der Waals surface area contributed by atoms with E-state index in [1.54, 1.807) is 6.26 Å². The van der Waals surface area contributed by atoms with Crippen molar-refractivity contribution in [2.45, 2.75) is 26.8 Å². The van der Waals surface area contributed by atoms with Crippen LogP contribution in [0.1, 0.15) is 24.8 Å². The first-order chi connectivity index (χ1) is 8.78. The van der Waals surface area contributed by atoms with Gasteiger partial charge in [-0.05, 0) is 25.5 Å². The second-order valence-electron chi connectivity index (χ2n) is 3.95. The Kier molecular flexibility index (Phi) is 4.17. The lowest BCUT2D eigenvalue weighted by Gasteiger charge is -2.08. The Morgan fingerprint density at radius 2 is 2.28 bits per heavy atom. The fourth-order valence-electron chi connectivity index (χ4n) is 1.48. The molecule has 0 aliphatic rings. The molecule has 0 unspecified atom stereocenters. The van der Waals surface area contributed by atoms with Gasteiger partial charge in [0.15, 0.2) is 0 Å². The Labute approximate surface area is 106 Å². The lowest BCUT2D eigenvalue weighted by Crippen LogP contribution is -2.06. The Balaban J connectivity index is 2.00. The third kappa shape index (κ3) is 3.48. The Hall–Kier alpha value is -2.04. The van der Waals surface area contributed by atoms with Crippen LogP contribution in [-0.4, -0.2) is 16.6 Å². The maximum Gasteiger partial charge on any atom is 0.226 e. The van der Waals surface area contributed by atoms with Gasteiger partial charge < -0.3 is 14.5 Å². The number of aromatic nitrogens is 2. The zero-order valence-electron chi connectivity index (χ0n) is 10.6. The van der Waals surface area contributed by atoms with E-state index in [2.05, 4.69) is 22.2 Å². The van der Waals surface area contributed by atoms with Crippen LogP contribution in [-0.2, 0) is 6.54 Å². The number of hydrogen-bond donors (Lipinski definition) is 1. The van der Waals surface area contributed by atoms with Crippen molar-refractivity contribution in [1.82, 2.24) is 9.97 Å². The van der Waals surface area contributed by atoms with Gasteiger partial charge in [-0.2, -0.15) is 4.98 Å². The predicted molar refractivity (Wildman–Crippen MR) is 68.6 cm³/mol. The van der Waals surface area contributed by atoms with Gasteiger partial charge in [-0.3, -0.25) is 0 Å². The van der Waals surface area contributed by atoms with Gasteiger partial charge in [-0.1, -0.05) is 6.92 Å². The van der Waals surface area contributed by atoms with E-state index in [1.165, 1.54) is 0 Å². The molecule has 2 heterocycles. The first-order valence-corrected chi connectivity index (χ1v) is 6.02. The zero-order chi connectivity index (χ0) is 12.8. The van der Waals surface area contributed by atoms with Gasteiger partial charge in [0.25, 0.3) is 0 Å². The van der Waals surface area contributed by atoms with Gasteiger partial charge in [0.1, 0.15) is 5.76 Å². The molecule has 2 rings (SSSR count). The maximum absolute atomic E-state index is 5.50. The van der Waals surface area contributed by atoms with Crippen LogP contribution in [0.25, 0.3) is 0 Å². The Morgan fingerprint density at radius 3 is 3.00 bits per heavy atom. The minimum atomic E-state index is 0.553. The number of anilines is 1. The van der Waals surface area contributed by atoms with Gasteiger partial charge in [0.05, 0.1) is 19.4 Å². The van der Waals surface area contributed by atoms with E-state index in [0.717, 1.165) is 17.9 Å². The average Bonchev–Trinajstić information content (AvgIpc) is 2.86. The monoisotopic (exact) mass is 247 g/mol. The summed E-state index contributed by atoms with van der Waals surface area (Å²) >= 11 is 0. The van der Waals surface area contributed by atoms with Crippen LogP contribution in [0.2, 0.25) is 0 Å². The van der Waals surface area contributed by atoms with Crippen molar-refractivity contribution in [2.24, 2.45) is 0 Å². The van der Waals surface area contributed by atoms with Crippen molar-refractivity contribution in [3.8, 4) is 5.88 Å². The first kappa shape index (κ1) is 12.4. The fourth-order valence-corrected chi connectivity index (χ4v) is 1.48. The van der Waals surface area contributed by atoms with E-state index >= 15 is 0 Å². The molecule has 0 saturated heterocycles. The molecule has 0 radical (unpaired) electrons. The van der Waals surface area contributed by atoms with Gasteiger partial charge in [0.2, 0.25) is 11.8 Å². The topological polar surface area (TPSA) is 60.2 Å². The summed E-state index contributed by atoms with van der Waals surface area (Å²) in [5, 5.41) is 3.11. The number of nitrogens with one attached hydrogen (secondary N) is 1. The second-order valence-corrected chi connectivity index (χ2v) is 3.95. The summed E-state index contributed by atoms with van der Waals surface area (Å²) in [5.41, 5.74) is 0.873. The summed E-state index contributed by atoms with van der Waals surface area (Å²) in [7, 11) is 0. The SMILES string of the molecule is CCCOc1cc(C)nc(NCc2ccco2)n1. The van der Waals surface area contributed by atoms with Crippen LogP contribution in [0, 0.1) is 6.92 Å². The largest absolute Gasteiger partial charge is 0.478 e. The third-order valence-electron chi connectivity index (χ3n) is 2.29. The molecule has 0 bridgehead atoms. The molecule has 2 aromatic rings. The molecular formula is C13H17N3O2. The normalized spacial score (nSPS) is 10.3. The van der Waals surface area contributed by atoms with Crippen molar-refractivity contribution < 1.29 is 9.15 Å². The molecule has 1 N–H and O–H groups in total. The van der Waals surface area contributed by atoms with Crippen LogP contribution >= 0.6 is 0 Å². The van der Waals surface area contributed by atoms with E-state index in [4.69, 9.17) is 9.15 Å². The predicted octanol–water partition coefficient (Wildman–Crippen LogP) is 2.78. The molecule has 0 aromatic carbocycles. The van der Waals surface area contributed by atoms with Crippen molar-refractivity contribution in [3.05, 3.63) is 35.9 Å². The van der Waals surface area contributed by atoms with Crippen molar-refractivity contribution in [3.63, 3.8) is 0 Å². The lowest BCUT2D eigenvalue weighted by atomic mass is 10.4. The molecule has 0 aliphatic heterocycles. The van der Waals surface area contributed by atoms with E-state index in [1.807, 2.05) is 25.1 Å².